The second-order valence-electron chi connectivity index (χ2n) is 1.76. The third-order valence-corrected chi connectivity index (χ3v) is 0.972. The van der Waals surface area contributed by atoms with E-state index in [9.17, 15) is 0 Å². The average Bonchev–Trinajstić information content (AvgIpc) is 1.81. The van der Waals surface area contributed by atoms with E-state index < -0.39 is 0 Å². The van der Waals surface area contributed by atoms with Crippen molar-refractivity contribution in [1.82, 2.24) is 0 Å². The van der Waals surface area contributed by atoms with Crippen LogP contribution in [-0.2, 0) is 20.4 Å². The van der Waals surface area contributed by atoms with Gasteiger partial charge in [0.25, 0.3) is 0 Å². The molecule has 1 heteroatoms. The summed E-state index contributed by atoms with van der Waals surface area (Å²) in [4.78, 5) is 0. The molecule has 0 rings (SSSR count). The van der Waals surface area contributed by atoms with Crippen molar-refractivity contribution in [1.29, 1.82) is 0 Å². The van der Waals surface area contributed by atoms with E-state index in [1.807, 2.05) is 6.08 Å². The Bertz CT molecular complexity index is 74.6. The zero-order valence-corrected chi connectivity index (χ0v) is 7.30. The molecular formula is C8H13Pd-. The Kier molecular flexibility index (Phi) is 14.5. The fourth-order valence-corrected chi connectivity index (χ4v) is 0.497. The van der Waals surface area contributed by atoms with E-state index in [1.54, 1.807) is 6.08 Å². The van der Waals surface area contributed by atoms with Crippen molar-refractivity contribution in [2.75, 3.05) is 0 Å². The van der Waals surface area contributed by atoms with Crippen LogP contribution in [0.5, 0.6) is 0 Å². The molecule has 0 saturated heterocycles. The van der Waals surface area contributed by atoms with Gasteiger partial charge in [0.1, 0.15) is 0 Å². The van der Waals surface area contributed by atoms with E-state index in [4.69, 9.17) is 6.58 Å². The molecule has 0 aliphatic rings. The van der Waals surface area contributed by atoms with E-state index in [1.165, 1.54) is 12.8 Å². The third kappa shape index (κ3) is 11.6. The van der Waals surface area contributed by atoms with Gasteiger partial charge < -0.3 is 0 Å². The Morgan fingerprint density at radius 3 is 2.56 bits per heavy atom. The van der Waals surface area contributed by atoms with Crippen molar-refractivity contribution in [2.45, 2.75) is 26.2 Å². The van der Waals surface area contributed by atoms with Crippen LogP contribution in [-0.4, -0.2) is 0 Å². The number of unbranched alkanes of at least 4 members (excludes halogenated alkanes) is 2. The van der Waals surface area contributed by atoms with Crippen molar-refractivity contribution in [3.8, 4) is 0 Å². The van der Waals surface area contributed by atoms with Gasteiger partial charge in [-0.15, -0.1) is 0 Å². The van der Waals surface area contributed by atoms with Crippen molar-refractivity contribution in [3.63, 3.8) is 0 Å². The second kappa shape index (κ2) is 11.0. The summed E-state index contributed by atoms with van der Waals surface area (Å²) < 4.78 is 0. The Morgan fingerprint density at radius 1 is 1.44 bits per heavy atom. The van der Waals surface area contributed by atoms with Gasteiger partial charge in [0, 0.05) is 20.4 Å². The number of rotatable bonds is 4. The molecule has 0 atom stereocenters. The van der Waals surface area contributed by atoms with Gasteiger partial charge in [0.2, 0.25) is 0 Å². The molecule has 56 valence electrons. The smallest absolute Gasteiger partial charge is 0 e. The van der Waals surface area contributed by atoms with Crippen molar-refractivity contribution >= 4 is 0 Å². The van der Waals surface area contributed by atoms with Gasteiger partial charge in [0.15, 0.2) is 0 Å². The molecule has 0 aliphatic heterocycles. The summed E-state index contributed by atoms with van der Waals surface area (Å²) in [6, 6.07) is 0. The predicted octanol–water partition coefficient (Wildman–Crippen LogP) is 2.72. The van der Waals surface area contributed by atoms with Crippen LogP contribution < -0.4 is 0 Å². The molecule has 0 N–H and O–H groups in total. The maximum atomic E-state index is 5.10. The van der Waals surface area contributed by atoms with Crippen molar-refractivity contribution in [2.24, 2.45) is 0 Å². The first-order valence-electron chi connectivity index (χ1n) is 3.12. The molecular weight excluding hydrogens is 203 g/mol. The minimum atomic E-state index is 0. The van der Waals surface area contributed by atoms with Gasteiger partial charge in [-0.1, -0.05) is 26.2 Å². The van der Waals surface area contributed by atoms with E-state index in [2.05, 4.69) is 13.0 Å². The van der Waals surface area contributed by atoms with Gasteiger partial charge in [-0.05, 0) is 0 Å². The normalized spacial score (nSPS) is 9.00. The van der Waals surface area contributed by atoms with Crippen LogP contribution in [0.3, 0.4) is 0 Å². The standard InChI is InChI=1S/C8H13.Pd/c1-3-5-7-8-6-4-2;/h1,3,5,7H,4,6,8H2,2H3;/q-1;. The summed E-state index contributed by atoms with van der Waals surface area (Å²) >= 11 is 0. The van der Waals surface area contributed by atoms with E-state index in [0.29, 0.717) is 0 Å². The molecule has 0 aromatic heterocycles. The zero-order chi connectivity index (χ0) is 6.24. The van der Waals surface area contributed by atoms with Crippen LogP contribution in [0.4, 0.5) is 0 Å². The minimum Gasteiger partial charge on any atom is -0.293 e. The largest absolute Gasteiger partial charge is 0.293 e. The molecule has 0 aliphatic carbocycles. The summed E-state index contributed by atoms with van der Waals surface area (Å²) in [5.41, 5.74) is 0. The minimum absolute atomic E-state index is 0. The van der Waals surface area contributed by atoms with Crippen LogP contribution in [0.2, 0.25) is 0 Å². The van der Waals surface area contributed by atoms with Gasteiger partial charge >= 0.3 is 0 Å². The first-order chi connectivity index (χ1) is 3.91. The van der Waals surface area contributed by atoms with Crippen LogP contribution in [0.1, 0.15) is 26.2 Å². The summed E-state index contributed by atoms with van der Waals surface area (Å²) in [5.74, 6) is 0. The maximum absolute atomic E-state index is 5.10. The van der Waals surface area contributed by atoms with Crippen molar-refractivity contribution in [3.05, 3.63) is 24.8 Å². The maximum Gasteiger partial charge on any atom is 0 e. The molecule has 0 aromatic carbocycles. The van der Waals surface area contributed by atoms with Gasteiger partial charge in [-0.25, -0.2) is 12.2 Å². The van der Waals surface area contributed by atoms with Gasteiger partial charge in [0.05, 0.1) is 0 Å². The Balaban J connectivity index is 0. The molecule has 0 heterocycles. The van der Waals surface area contributed by atoms with Crippen LogP contribution in [0, 0.1) is 6.58 Å². The molecule has 9 heavy (non-hydrogen) atoms. The quantitative estimate of drug-likeness (QED) is 0.293. The first kappa shape index (κ1) is 11.9. The zero-order valence-electron chi connectivity index (χ0n) is 5.75. The second-order valence-corrected chi connectivity index (χ2v) is 1.76. The molecule has 0 amide bonds. The van der Waals surface area contributed by atoms with Gasteiger partial charge in [-0.2, -0.15) is 6.08 Å². The number of hydrogen-bond acceptors (Lipinski definition) is 0. The molecule has 0 fully saturated rings. The Hall–Kier alpha value is 0.142. The summed E-state index contributed by atoms with van der Waals surface area (Å²) in [6.45, 7) is 7.28. The molecule has 0 unspecified atom stereocenters. The van der Waals surface area contributed by atoms with Crippen LogP contribution in [0.15, 0.2) is 18.2 Å². The number of allylic oxidation sites excluding steroid dienone is 3. The van der Waals surface area contributed by atoms with Crippen LogP contribution in [0.25, 0.3) is 0 Å². The monoisotopic (exact) mass is 215 g/mol. The summed E-state index contributed by atoms with van der Waals surface area (Å²) in [6.07, 6.45) is 9.22. The predicted molar refractivity (Wildman–Crippen MR) is 37.5 cm³/mol. The molecule has 0 aromatic rings. The molecule has 0 nitrogen and oxygen atoms in total. The fourth-order valence-electron chi connectivity index (χ4n) is 0.497. The molecule has 0 saturated carbocycles. The third-order valence-electron chi connectivity index (χ3n) is 0.972. The fraction of sp³-hybridized carbons (Fsp3) is 0.500. The Morgan fingerprint density at radius 2 is 2.11 bits per heavy atom. The molecule has 0 spiro atoms. The molecule has 0 bridgehead atoms. The average molecular weight is 216 g/mol. The van der Waals surface area contributed by atoms with E-state index >= 15 is 0 Å². The van der Waals surface area contributed by atoms with E-state index in [-0.39, 0.29) is 20.4 Å². The van der Waals surface area contributed by atoms with Crippen molar-refractivity contribution < 1.29 is 20.4 Å². The topological polar surface area (TPSA) is 0 Å². The summed E-state index contributed by atoms with van der Waals surface area (Å²) in [7, 11) is 0. The Labute approximate surface area is 71.7 Å². The first-order valence-corrected chi connectivity index (χ1v) is 3.12. The molecule has 0 radical (unpaired) electrons. The van der Waals surface area contributed by atoms with E-state index in [0.717, 1.165) is 6.42 Å². The van der Waals surface area contributed by atoms with Gasteiger partial charge in [-0.3, -0.25) is 6.58 Å². The number of hydrogen-bond donors (Lipinski definition) is 0. The summed E-state index contributed by atoms with van der Waals surface area (Å²) in [5, 5.41) is 0. The van der Waals surface area contributed by atoms with Crippen LogP contribution >= 0.6 is 0 Å². The SMILES string of the molecule is [CH-]=CC=CCCCC.[Pd].